The minimum atomic E-state index is -0.0536. The third kappa shape index (κ3) is 3.04. The highest BCUT2D eigenvalue weighted by Gasteiger charge is 2.31. The summed E-state index contributed by atoms with van der Waals surface area (Å²) in [5.41, 5.74) is 1.39. The Hall–Kier alpha value is -1.62. The summed E-state index contributed by atoms with van der Waals surface area (Å²) in [6.45, 7) is 5.56. The van der Waals surface area contributed by atoms with Crippen LogP contribution in [0.5, 0.6) is 0 Å². The molecule has 0 radical (unpaired) electrons. The molecule has 104 valence electrons. The van der Waals surface area contributed by atoms with Crippen molar-refractivity contribution < 1.29 is 9.53 Å². The molecule has 1 aliphatic rings. The smallest absolute Gasteiger partial charge is 0.272 e. The lowest BCUT2D eigenvalue weighted by atomic mass is 10.1. The van der Waals surface area contributed by atoms with E-state index in [1.807, 2.05) is 27.0 Å². The number of nitrogens with zero attached hydrogens (tertiary/aromatic N) is 2. The first-order valence-electron chi connectivity index (χ1n) is 6.72. The van der Waals surface area contributed by atoms with Crippen molar-refractivity contribution in [3.05, 3.63) is 24.0 Å². The maximum atomic E-state index is 12.4. The minimum absolute atomic E-state index is 0.0536. The summed E-state index contributed by atoms with van der Waals surface area (Å²) < 4.78 is 5.51. The maximum absolute atomic E-state index is 12.4. The SMILES string of the molecule is CCNc1ccnc(C(=O)N(C)C2CCOC2C)c1. The Morgan fingerprint density at radius 1 is 1.63 bits per heavy atom. The molecule has 2 heterocycles. The van der Waals surface area contributed by atoms with E-state index < -0.39 is 0 Å². The van der Waals surface area contributed by atoms with Crippen molar-refractivity contribution in [2.24, 2.45) is 0 Å². The first kappa shape index (κ1) is 13.8. The van der Waals surface area contributed by atoms with E-state index in [1.54, 1.807) is 17.2 Å². The summed E-state index contributed by atoms with van der Waals surface area (Å²) in [4.78, 5) is 18.3. The van der Waals surface area contributed by atoms with Crippen molar-refractivity contribution in [2.75, 3.05) is 25.5 Å². The molecule has 5 heteroatoms. The van der Waals surface area contributed by atoms with Crippen molar-refractivity contribution in [1.29, 1.82) is 0 Å². The van der Waals surface area contributed by atoms with Crippen LogP contribution < -0.4 is 5.32 Å². The van der Waals surface area contributed by atoms with Gasteiger partial charge in [-0.25, -0.2) is 0 Å². The number of carbonyl (C=O) groups excluding carboxylic acids is 1. The number of amides is 1. The molecule has 0 bridgehead atoms. The van der Waals surface area contributed by atoms with E-state index in [2.05, 4.69) is 10.3 Å². The second-order valence-corrected chi connectivity index (χ2v) is 4.81. The zero-order valence-corrected chi connectivity index (χ0v) is 11.7. The van der Waals surface area contributed by atoms with Crippen LogP contribution in [0.3, 0.4) is 0 Å². The third-order valence-electron chi connectivity index (χ3n) is 3.51. The van der Waals surface area contributed by atoms with Crippen molar-refractivity contribution in [3.63, 3.8) is 0 Å². The van der Waals surface area contributed by atoms with E-state index >= 15 is 0 Å². The molecule has 0 saturated carbocycles. The molecule has 0 aromatic carbocycles. The Kier molecular flexibility index (Phi) is 4.37. The van der Waals surface area contributed by atoms with Gasteiger partial charge in [0.05, 0.1) is 12.1 Å². The molecule has 5 nitrogen and oxygen atoms in total. The fourth-order valence-corrected chi connectivity index (χ4v) is 2.42. The molecule has 1 N–H and O–H groups in total. The number of likely N-dealkylation sites (N-methyl/N-ethyl adjacent to an activating group) is 1. The molecular weight excluding hydrogens is 242 g/mol. The van der Waals surface area contributed by atoms with Gasteiger partial charge in [-0.3, -0.25) is 9.78 Å². The van der Waals surface area contributed by atoms with Crippen LogP contribution in [0.4, 0.5) is 5.69 Å². The number of anilines is 1. The number of ether oxygens (including phenoxy) is 1. The van der Waals surface area contributed by atoms with Crippen LogP contribution in [-0.4, -0.2) is 48.1 Å². The van der Waals surface area contributed by atoms with Crippen LogP contribution in [0.15, 0.2) is 18.3 Å². The average molecular weight is 263 g/mol. The number of rotatable bonds is 4. The van der Waals surface area contributed by atoms with Crippen LogP contribution in [0.2, 0.25) is 0 Å². The van der Waals surface area contributed by atoms with Crippen LogP contribution >= 0.6 is 0 Å². The molecule has 1 aliphatic heterocycles. The molecule has 1 amide bonds. The molecule has 1 aromatic heterocycles. The first-order chi connectivity index (χ1) is 9.13. The van der Waals surface area contributed by atoms with E-state index in [9.17, 15) is 4.79 Å². The monoisotopic (exact) mass is 263 g/mol. The van der Waals surface area contributed by atoms with Gasteiger partial charge >= 0.3 is 0 Å². The fraction of sp³-hybridized carbons (Fsp3) is 0.571. The molecule has 1 saturated heterocycles. The van der Waals surface area contributed by atoms with Gasteiger partial charge in [-0.15, -0.1) is 0 Å². The van der Waals surface area contributed by atoms with E-state index in [0.29, 0.717) is 12.3 Å². The quantitative estimate of drug-likeness (QED) is 0.899. The number of carbonyl (C=O) groups is 1. The van der Waals surface area contributed by atoms with Crippen molar-refractivity contribution in [1.82, 2.24) is 9.88 Å². The van der Waals surface area contributed by atoms with Crippen LogP contribution in [-0.2, 0) is 4.74 Å². The van der Waals surface area contributed by atoms with E-state index in [0.717, 1.165) is 18.7 Å². The molecule has 19 heavy (non-hydrogen) atoms. The number of hydrogen-bond donors (Lipinski definition) is 1. The Labute approximate surface area is 114 Å². The fourth-order valence-electron chi connectivity index (χ4n) is 2.42. The minimum Gasteiger partial charge on any atom is -0.385 e. The summed E-state index contributed by atoms with van der Waals surface area (Å²) in [6, 6.07) is 3.79. The van der Waals surface area contributed by atoms with E-state index in [1.165, 1.54) is 0 Å². The van der Waals surface area contributed by atoms with Gasteiger partial charge in [-0.05, 0) is 32.4 Å². The number of hydrogen-bond acceptors (Lipinski definition) is 4. The van der Waals surface area contributed by atoms with E-state index in [4.69, 9.17) is 4.74 Å². The molecule has 1 fully saturated rings. The molecule has 0 aliphatic carbocycles. The lowest BCUT2D eigenvalue weighted by Crippen LogP contribution is -2.41. The van der Waals surface area contributed by atoms with Gasteiger partial charge < -0.3 is 15.0 Å². The zero-order chi connectivity index (χ0) is 13.8. The van der Waals surface area contributed by atoms with Gasteiger partial charge in [0.2, 0.25) is 0 Å². The van der Waals surface area contributed by atoms with Gasteiger partial charge in [0.1, 0.15) is 5.69 Å². The molecule has 1 aromatic rings. The Bertz CT molecular complexity index is 450. The predicted octanol–water partition coefficient (Wildman–Crippen LogP) is 1.76. The maximum Gasteiger partial charge on any atom is 0.272 e. The summed E-state index contributed by atoms with van der Waals surface area (Å²) in [7, 11) is 1.82. The normalized spacial score (nSPS) is 22.3. The van der Waals surface area contributed by atoms with Crippen molar-refractivity contribution in [2.45, 2.75) is 32.4 Å². The molecule has 2 unspecified atom stereocenters. The van der Waals surface area contributed by atoms with Crippen molar-refractivity contribution >= 4 is 11.6 Å². The Balaban J connectivity index is 2.12. The van der Waals surface area contributed by atoms with Crippen LogP contribution in [0.25, 0.3) is 0 Å². The lowest BCUT2D eigenvalue weighted by Gasteiger charge is -2.26. The van der Waals surface area contributed by atoms with Gasteiger partial charge in [-0.1, -0.05) is 0 Å². The summed E-state index contributed by atoms with van der Waals surface area (Å²) in [6.07, 6.45) is 2.63. The number of nitrogens with one attached hydrogen (secondary N) is 1. The molecule has 0 spiro atoms. The van der Waals surface area contributed by atoms with Gasteiger partial charge in [0, 0.05) is 32.1 Å². The average Bonchev–Trinajstić information content (AvgIpc) is 2.84. The van der Waals surface area contributed by atoms with E-state index in [-0.39, 0.29) is 18.1 Å². The molecule has 2 rings (SSSR count). The van der Waals surface area contributed by atoms with Crippen LogP contribution in [0.1, 0.15) is 30.8 Å². The topological polar surface area (TPSA) is 54.5 Å². The second-order valence-electron chi connectivity index (χ2n) is 4.81. The van der Waals surface area contributed by atoms with Gasteiger partial charge in [-0.2, -0.15) is 0 Å². The highest BCUT2D eigenvalue weighted by atomic mass is 16.5. The van der Waals surface area contributed by atoms with Gasteiger partial charge in [0.25, 0.3) is 5.91 Å². The third-order valence-corrected chi connectivity index (χ3v) is 3.51. The summed E-state index contributed by atoms with van der Waals surface area (Å²) in [5, 5.41) is 3.18. The lowest BCUT2D eigenvalue weighted by molar-refractivity contribution is 0.0570. The zero-order valence-electron chi connectivity index (χ0n) is 11.7. The standard InChI is InChI=1S/C14H21N3O2/c1-4-15-11-5-7-16-12(9-11)14(18)17(3)13-6-8-19-10(13)2/h5,7,9-10,13H,4,6,8H2,1-3H3,(H,15,16). The second kappa shape index (κ2) is 6.02. The first-order valence-corrected chi connectivity index (χ1v) is 6.72. The van der Waals surface area contributed by atoms with Gasteiger partial charge in [0.15, 0.2) is 0 Å². The van der Waals surface area contributed by atoms with Crippen molar-refractivity contribution in [3.8, 4) is 0 Å². The number of pyridine rings is 1. The van der Waals surface area contributed by atoms with Crippen LogP contribution in [0, 0.1) is 0 Å². The summed E-state index contributed by atoms with van der Waals surface area (Å²) >= 11 is 0. The molecular formula is C14H21N3O2. The Morgan fingerprint density at radius 2 is 2.42 bits per heavy atom. The summed E-state index contributed by atoms with van der Waals surface area (Å²) in [5.74, 6) is -0.0536. The molecule has 2 atom stereocenters. The largest absolute Gasteiger partial charge is 0.385 e. The number of aromatic nitrogens is 1. The Morgan fingerprint density at radius 3 is 3.05 bits per heavy atom. The highest BCUT2D eigenvalue weighted by Crippen LogP contribution is 2.20. The predicted molar refractivity (Wildman–Crippen MR) is 74.3 cm³/mol. The highest BCUT2D eigenvalue weighted by molar-refractivity contribution is 5.93.